The Morgan fingerprint density at radius 2 is 2.00 bits per heavy atom. The Kier molecular flexibility index (Phi) is 7.49. The highest BCUT2D eigenvalue weighted by atomic mass is 16.6. The summed E-state index contributed by atoms with van der Waals surface area (Å²) >= 11 is 0. The maximum Gasteiger partial charge on any atom is 0.330 e. The van der Waals surface area contributed by atoms with Crippen LogP contribution in [0.3, 0.4) is 0 Å². The van der Waals surface area contributed by atoms with Gasteiger partial charge in [-0.1, -0.05) is 25.5 Å². The smallest absolute Gasteiger partial charge is 0.330 e. The summed E-state index contributed by atoms with van der Waals surface area (Å²) in [7, 11) is 0. The summed E-state index contributed by atoms with van der Waals surface area (Å²) in [6.07, 6.45) is 6.75. The second-order valence-electron chi connectivity index (χ2n) is 5.71. The molecule has 0 N–H and O–H groups in total. The molecule has 5 nitrogen and oxygen atoms in total. The molecule has 130 valence electrons. The van der Waals surface area contributed by atoms with Crippen molar-refractivity contribution < 1.29 is 19.1 Å². The minimum Gasteiger partial charge on any atom is -0.460 e. The molecule has 1 aliphatic heterocycles. The van der Waals surface area contributed by atoms with Crippen LogP contribution >= 0.6 is 0 Å². The molecule has 0 atom stereocenters. The quantitative estimate of drug-likeness (QED) is 0.396. The minimum absolute atomic E-state index is 0.169. The van der Waals surface area contributed by atoms with Gasteiger partial charge in [0.1, 0.15) is 6.61 Å². The summed E-state index contributed by atoms with van der Waals surface area (Å²) in [6.45, 7) is 4.28. The fraction of sp³-hybridized carbons (Fsp3) is 0.474. The molecule has 0 bridgehead atoms. The zero-order valence-corrected chi connectivity index (χ0v) is 14.2. The van der Waals surface area contributed by atoms with Crippen LogP contribution in [0.4, 0.5) is 5.69 Å². The summed E-state index contributed by atoms with van der Waals surface area (Å²) in [5.41, 5.74) is 1.79. The molecule has 0 spiro atoms. The fourth-order valence-electron chi connectivity index (χ4n) is 2.45. The number of anilines is 1. The monoisotopic (exact) mass is 331 g/mol. The Hall–Kier alpha value is -2.14. The lowest BCUT2D eigenvalue weighted by atomic mass is 10.2. The second-order valence-corrected chi connectivity index (χ2v) is 5.71. The molecule has 2 rings (SSSR count). The molecular formula is C19H25NO4. The van der Waals surface area contributed by atoms with Crippen molar-refractivity contribution >= 4 is 23.6 Å². The first-order chi connectivity index (χ1) is 11.7. The molecule has 1 heterocycles. The second kappa shape index (κ2) is 9.88. The van der Waals surface area contributed by atoms with Gasteiger partial charge in [-0.15, -0.1) is 0 Å². The van der Waals surface area contributed by atoms with Crippen LogP contribution in [0.5, 0.6) is 0 Å². The SMILES string of the molecule is CCCCOCCOC(=O)C=Cc1ccc(N2CCCC2=O)cc1. The number of ether oxygens (including phenoxy) is 2. The molecule has 0 saturated carbocycles. The summed E-state index contributed by atoms with van der Waals surface area (Å²) in [4.78, 5) is 25.1. The third-order valence-corrected chi connectivity index (χ3v) is 3.80. The predicted molar refractivity (Wildman–Crippen MR) is 93.7 cm³/mol. The highest BCUT2D eigenvalue weighted by Crippen LogP contribution is 2.21. The molecular weight excluding hydrogens is 306 g/mol. The number of carbonyl (C=O) groups is 2. The van der Waals surface area contributed by atoms with E-state index in [1.165, 1.54) is 6.08 Å². The van der Waals surface area contributed by atoms with E-state index in [-0.39, 0.29) is 18.5 Å². The summed E-state index contributed by atoms with van der Waals surface area (Å²) in [5.74, 6) is -0.212. The number of rotatable bonds is 9. The Morgan fingerprint density at radius 3 is 2.67 bits per heavy atom. The van der Waals surface area contributed by atoms with Crippen LogP contribution in [0, 0.1) is 0 Å². The van der Waals surface area contributed by atoms with E-state index in [1.54, 1.807) is 11.0 Å². The molecule has 1 fully saturated rings. The third-order valence-electron chi connectivity index (χ3n) is 3.80. The summed E-state index contributed by atoms with van der Waals surface area (Å²) in [5, 5.41) is 0. The van der Waals surface area contributed by atoms with Gasteiger partial charge in [0, 0.05) is 31.3 Å². The number of benzene rings is 1. The largest absolute Gasteiger partial charge is 0.460 e. The van der Waals surface area contributed by atoms with Crippen molar-refractivity contribution in [1.29, 1.82) is 0 Å². The third kappa shape index (κ3) is 5.81. The number of carbonyl (C=O) groups excluding carboxylic acids is 2. The molecule has 1 saturated heterocycles. The lowest BCUT2D eigenvalue weighted by molar-refractivity contribution is -0.139. The van der Waals surface area contributed by atoms with E-state index in [1.807, 2.05) is 24.3 Å². The van der Waals surface area contributed by atoms with Crippen molar-refractivity contribution in [3.63, 3.8) is 0 Å². The molecule has 1 aromatic carbocycles. The van der Waals surface area contributed by atoms with Crippen LogP contribution in [0.2, 0.25) is 0 Å². The number of amides is 1. The van der Waals surface area contributed by atoms with Crippen molar-refractivity contribution in [2.24, 2.45) is 0 Å². The van der Waals surface area contributed by atoms with Crippen molar-refractivity contribution in [2.45, 2.75) is 32.6 Å². The van der Waals surface area contributed by atoms with E-state index in [0.29, 0.717) is 19.6 Å². The van der Waals surface area contributed by atoms with Crippen LogP contribution in [0.1, 0.15) is 38.2 Å². The van der Waals surface area contributed by atoms with Crippen molar-refractivity contribution in [3.05, 3.63) is 35.9 Å². The van der Waals surface area contributed by atoms with Crippen LogP contribution in [0.25, 0.3) is 6.08 Å². The highest BCUT2D eigenvalue weighted by molar-refractivity contribution is 5.95. The van der Waals surface area contributed by atoms with Crippen LogP contribution in [-0.2, 0) is 19.1 Å². The number of esters is 1. The standard InChI is InChI=1S/C19H25NO4/c1-2-3-13-23-14-15-24-19(22)11-8-16-6-9-17(10-7-16)20-12-4-5-18(20)21/h6-11H,2-5,12-15H2,1H3. The fourth-order valence-corrected chi connectivity index (χ4v) is 2.45. The zero-order valence-electron chi connectivity index (χ0n) is 14.2. The van der Waals surface area contributed by atoms with Gasteiger partial charge in [-0.3, -0.25) is 4.79 Å². The first kappa shape index (κ1) is 18.2. The van der Waals surface area contributed by atoms with Gasteiger partial charge in [0.2, 0.25) is 5.91 Å². The number of hydrogen-bond acceptors (Lipinski definition) is 4. The predicted octanol–water partition coefficient (Wildman–Crippen LogP) is 3.19. The van der Waals surface area contributed by atoms with Crippen LogP contribution < -0.4 is 4.90 Å². The molecule has 0 aliphatic carbocycles. The molecule has 0 unspecified atom stereocenters. The van der Waals surface area contributed by atoms with E-state index < -0.39 is 0 Å². The molecule has 0 radical (unpaired) electrons. The van der Waals surface area contributed by atoms with E-state index in [2.05, 4.69) is 6.92 Å². The lowest BCUT2D eigenvalue weighted by Gasteiger charge is -2.15. The van der Waals surface area contributed by atoms with Crippen molar-refractivity contribution in [1.82, 2.24) is 0 Å². The Balaban J connectivity index is 1.73. The summed E-state index contributed by atoms with van der Waals surface area (Å²) in [6, 6.07) is 7.57. The molecule has 0 aromatic heterocycles. The Morgan fingerprint density at radius 1 is 1.21 bits per heavy atom. The Bertz CT molecular complexity index is 565. The van der Waals surface area contributed by atoms with E-state index in [0.717, 1.165) is 37.1 Å². The summed E-state index contributed by atoms with van der Waals surface area (Å²) < 4.78 is 10.4. The zero-order chi connectivity index (χ0) is 17.2. The van der Waals surface area contributed by atoms with Gasteiger partial charge in [0.25, 0.3) is 0 Å². The first-order valence-corrected chi connectivity index (χ1v) is 8.53. The maximum atomic E-state index is 11.7. The van der Waals surface area contributed by atoms with E-state index >= 15 is 0 Å². The molecule has 5 heteroatoms. The molecule has 24 heavy (non-hydrogen) atoms. The van der Waals surface area contributed by atoms with Crippen molar-refractivity contribution in [3.8, 4) is 0 Å². The topological polar surface area (TPSA) is 55.8 Å². The average Bonchev–Trinajstić information content (AvgIpc) is 3.02. The first-order valence-electron chi connectivity index (χ1n) is 8.53. The molecule has 1 aliphatic rings. The number of unbranched alkanes of at least 4 members (excludes halogenated alkanes) is 1. The normalized spacial score (nSPS) is 14.5. The van der Waals surface area contributed by atoms with Gasteiger partial charge in [0.15, 0.2) is 0 Å². The van der Waals surface area contributed by atoms with Crippen LogP contribution in [-0.4, -0.2) is 38.2 Å². The number of hydrogen-bond donors (Lipinski definition) is 0. The van der Waals surface area contributed by atoms with Gasteiger partial charge in [-0.25, -0.2) is 4.79 Å². The highest BCUT2D eigenvalue weighted by Gasteiger charge is 2.21. The molecule has 1 amide bonds. The number of nitrogens with zero attached hydrogens (tertiary/aromatic N) is 1. The van der Waals surface area contributed by atoms with E-state index in [4.69, 9.17) is 9.47 Å². The van der Waals surface area contributed by atoms with E-state index in [9.17, 15) is 9.59 Å². The minimum atomic E-state index is -0.382. The van der Waals surface area contributed by atoms with Crippen molar-refractivity contribution in [2.75, 3.05) is 31.3 Å². The van der Waals surface area contributed by atoms with Gasteiger partial charge in [-0.05, 0) is 36.6 Å². The van der Waals surface area contributed by atoms with Gasteiger partial charge in [0.05, 0.1) is 6.61 Å². The lowest BCUT2D eigenvalue weighted by Crippen LogP contribution is -2.23. The van der Waals surface area contributed by atoms with Gasteiger partial charge < -0.3 is 14.4 Å². The maximum absolute atomic E-state index is 11.7. The average molecular weight is 331 g/mol. The Labute approximate surface area is 143 Å². The van der Waals surface area contributed by atoms with Gasteiger partial charge >= 0.3 is 5.97 Å². The molecule has 1 aromatic rings. The van der Waals surface area contributed by atoms with Gasteiger partial charge in [-0.2, -0.15) is 0 Å². The van der Waals surface area contributed by atoms with Crippen LogP contribution in [0.15, 0.2) is 30.3 Å².